The molecule has 0 saturated heterocycles. The molecule has 0 heterocycles. The van der Waals surface area contributed by atoms with Gasteiger partial charge in [0.25, 0.3) is 0 Å². The summed E-state index contributed by atoms with van der Waals surface area (Å²) in [5.41, 5.74) is 14.0. The predicted molar refractivity (Wildman–Crippen MR) is 54.9 cm³/mol. The lowest BCUT2D eigenvalue weighted by Gasteiger charge is -2.13. The van der Waals surface area contributed by atoms with Crippen LogP contribution in [0.3, 0.4) is 0 Å². The Balaban J connectivity index is 3.26. The summed E-state index contributed by atoms with van der Waals surface area (Å²) in [6, 6.07) is 2.56. The minimum atomic E-state index is -1.07. The highest BCUT2D eigenvalue weighted by molar-refractivity contribution is 5.78. The molecule has 0 radical (unpaired) electrons. The Labute approximate surface area is 82.5 Å². The number of benzene rings is 1. The first kappa shape index (κ1) is 10.5. The Morgan fingerprint density at radius 2 is 2.00 bits per heavy atom. The molecule has 0 unspecified atom stereocenters. The van der Waals surface area contributed by atoms with Gasteiger partial charge >= 0.3 is 5.97 Å². The van der Waals surface area contributed by atoms with Crippen LogP contribution in [0.25, 0.3) is 0 Å². The molecule has 5 N–H and O–H groups in total. The first-order chi connectivity index (χ1) is 6.43. The lowest BCUT2D eigenvalue weighted by molar-refractivity contribution is -0.138. The van der Waals surface area contributed by atoms with Gasteiger partial charge in [-0.1, -0.05) is 17.7 Å². The van der Waals surface area contributed by atoms with Gasteiger partial charge < -0.3 is 16.6 Å². The average molecular weight is 194 g/mol. The van der Waals surface area contributed by atoms with Crippen molar-refractivity contribution in [3.63, 3.8) is 0 Å². The molecule has 1 rings (SSSR count). The Bertz CT molecular complexity index is 375. The zero-order valence-electron chi connectivity index (χ0n) is 8.24. The van der Waals surface area contributed by atoms with Crippen LogP contribution in [-0.2, 0) is 4.79 Å². The predicted octanol–water partition coefficient (Wildman–Crippen LogP) is 0.970. The molecule has 0 fully saturated rings. The van der Waals surface area contributed by atoms with Crippen LogP contribution in [0.15, 0.2) is 12.1 Å². The molecule has 0 spiro atoms. The SMILES string of the molecule is Cc1cc(C)c(N)c([C@@H](N)C(=O)O)c1. The molecule has 0 bridgehead atoms. The number of aliphatic carboxylic acids is 1. The fourth-order valence-electron chi connectivity index (χ4n) is 1.40. The standard InChI is InChI=1S/C10H14N2O2/c1-5-3-6(2)8(11)7(4-5)9(12)10(13)14/h3-4,9H,11-12H2,1-2H3,(H,13,14)/t9-/m1/s1. The lowest BCUT2D eigenvalue weighted by atomic mass is 9.99. The van der Waals surface area contributed by atoms with Gasteiger partial charge in [0, 0.05) is 11.3 Å². The van der Waals surface area contributed by atoms with Crippen molar-refractivity contribution < 1.29 is 9.90 Å². The molecule has 1 aromatic rings. The maximum Gasteiger partial charge on any atom is 0.325 e. The third kappa shape index (κ3) is 1.85. The number of anilines is 1. The van der Waals surface area contributed by atoms with E-state index in [4.69, 9.17) is 16.6 Å². The number of nitrogens with two attached hydrogens (primary N) is 2. The Morgan fingerprint density at radius 3 is 2.50 bits per heavy atom. The minimum absolute atomic E-state index is 0.463. The second-order valence-corrected chi connectivity index (χ2v) is 3.40. The fraction of sp³-hybridized carbons (Fsp3) is 0.300. The Hall–Kier alpha value is -1.55. The van der Waals surface area contributed by atoms with Gasteiger partial charge in [0.1, 0.15) is 6.04 Å². The van der Waals surface area contributed by atoms with Crippen molar-refractivity contribution in [1.29, 1.82) is 0 Å². The second-order valence-electron chi connectivity index (χ2n) is 3.40. The van der Waals surface area contributed by atoms with Crippen molar-refractivity contribution in [2.45, 2.75) is 19.9 Å². The topological polar surface area (TPSA) is 89.3 Å². The first-order valence-corrected chi connectivity index (χ1v) is 4.28. The van der Waals surface area contributed by atoms with Crippen LogP contribution >= 0.6 is 0 Å². The molecule has 1 aromatic carbocycles. The summed E-state index contributed by atoms with van der Waals surface area (Å²) in [5, 5.41) is 8.76. The third-order valence-electron chi connectivity index (χ3n) is 2.16. The summed E-state index contributed by atoms with van der Waals surface area (Å²) in [5.74, 6) is -1.07. The number of carboxylic acids is 1. The Morgan fingerprint density at radius 1 is 1.43 bits per heavy atom. The van der Waals surface area contributed by atoms with E-state index in [-0.39, 0.29) is 0 Å². The van der Waals surface area contributed by atoms with Crippen LogP contribution in [0.5, 0.6) is 0 Å². The number of hydrogen-bond donors (Lipinski definition) is 3. The minimum Gasteiger partial charge on any atom is -0.480 e. The van der Waals surface area contributed by atoms with Gasteiger partial charge in [0.05, 0.1) is 0 Å². The maximum absolute atomic E-state index is 10.7. The molecule has 1 atom stereocenters. The monoisotopic (exact) mass is 194 g/mol. The molecule has 0 aliphatic carbocycles. The number of hydrogen-bond acceptors (Lipinski definition) is 3. The van der Waals surface area contributed by atoms with Crippen LogP contribution < -0.4 is 11.5 Å². The highest BCUT2D eigenvalue weighted by Crippen LogP contribution is 2.24. The molecular formula is C10H14N2O2. The second kappa shape index (κ2) is 3.67. The zero-order chi connectivity index (χ0) is 10.9. The van der Waals surface area contributed by atoms with Gasteiger partial charge in [-0.3, -0.25) is 4.79 Å². The van der Waals surface area contributed by atoms with Gasteiger partial charge in [-0.2, -0.15) is 0 Å². The van der Waals surface area contributed by atoms with E-state index in [0.29, 0.717) is 11.3 Å². The van der Waals surface area contributed by atoms with Crippen molar-refractivity contribution >= 4 is 11.7 Å². The molecule has 76 valence electrons. The fourth-order valence-corrected chi connectivity index (χ4v) is 1.40. The average Bonchev–Trinajstić information content (AvgIpc) is 2.09. The van der Waals surface area contributed by atoms with E-state index in [1.807, 2.05) is 19.9 Å². The van der Waals surface area contributed by atoms with E-state index in [0.717, 1.165) is 11.1 Å². The van der Waals surface area contributed by atoms with Crippen LogP contribution in [0, 0.1) is 13.8 Å². The van der Waals surface area contributed by atoms with Crippen molar-refractivity contribution in [2.75, 3.05) is 5.73 Å². The maximum atomic E-state index is 10.7. The van der Waals surface area contributed by atoms with Gasteiger partial charge in [-0.05, 0) is 19.4 Å². The van der Waals surface area contributed by atoms with Crippen LogP contribution in [0.4, 0.5) is 5.69 Å². The van der Waals surface area contributed by atoms with Crippen LogP contribution in [0.1, 0.15) is 22.7 Å². The summed E-state index contributed by atoms with van der Waals surface area (Å²) in [7, 11) is 0. The number of carbonyl (C=O) groups is 1. The highest BCUT2D eigenvalue weighted by atomic mass is 16.4. The van der Waals surface area contributed by atoms with Crippen molar-refractivity contribution in [3.05, 3.63) is 28.8 Å². The van der Waals surface area contributed by atoms with Crippen LogP contribution in [0.2, 0.25) is 0 Å². The molecule has 4 nitrogen and oxygen atoms in total. The molecule has 0 aliphatic heterocycles. The first-order valence-electron chi connectivity index (χ1n) is 4.28. The van der Waals surface area contributed by atoms with Crippen molar-refractivity contribution in [2.24, 2.45) is 5.73 Å². The van der Waals surface area contributed by atoms with Gasteiger partial charge in [0.2, 0.25) is 0 Å². The molecule has 0 aromatic heterocycles. The van der Waals surface area contributed by atoms with E-state index in [1.54, 1.807) is 6.07 Å². The van der Waals surface area contributed by atoms with E-state index >= 15 is 0 Å². The number of aryl methyl sites for hydroxylation is 2. The summed E-state index contributed by atoms with van der Waals surface area (Å²) in [6.45, 7) is 3.71. The normalized spacial score (nSPS) is 12.5. The largest absolute Gasteiger partial charge is 0.480 e. The zero-order valence-corrected chi connectivity index (χ0v) is 8.24. The lowest BCUT2D eigenvalue weighted by Crippen LogP contribution is -2.22. The van der Waals surface area contributed by atoms with E-state index in [2.05, 4.69) is 0 Å². The molecule has 14 heavy (non-hydrogen) atoms. The number of rotatable bonds is 2. The quantitative estimate of drug-likeness (QED) is 0.612. The molecule has 0 amide bonds. The van der Waals surface area contributed by atoms with Gasteiger partial charge in [0.15, 0.2) is 0 Å². The summed E-state index contributed by atoms with van der Waals surface area (Å²) in [4.78, 5) is 10.7. The summed E-state index contributed by atoms with van der Waals surface area (Å²) < 4.78 is 0. The third-order valence-corrected chi connectivity index (χ3v) is 2.16. The van der Waals surface area contributed by atoms with Crippen molar-refractivity contribution in [1.82, 2.24) is 0 Å². The van der Waals surface area contributed by atoms with Gasteiger partial charge in [-0.15, -0.1) is 0 Å². The van der Waals surface area contributed by atoms with Crippen LogP contribution in [-0.4, -0.2) is 11.1 Å². The number of nitrogen functional groups attached to an aromatic ring is 1. The van der Waals surface area contributed by atoms with Gasteiger partial charge in [-0.25, -0.2) is 0 Å². The van der Waals surface area contributed by atoms with E-state index in [1.165, 1.54) is 0 Å². The molecule has 0 saturated carbocycles. The molecular weight excluding hydrogens is 180 g/mol. The number of carboxylic acid groups (broad SMARTS) is 1. The molecule has 0 aliphatic rings. The van der Waals surface area contributed by atoms with Crippen molar-refractivity contribution in [3.8, 4) is 0 Å². The molecule has 4 heteroatoms. The summed E-state index contributed by atoms with van der Waals surface area (Å²) in [6.07, 6.45) is 0. The smallest absolute Gasteiger partial charge is 0.325 e. The highest BCUT2D eigenvalue weighted by Gasteiger charge is 2.18. The Kier molecular flexibility index (Phi) is 2.76. The van der Waals surface area contributed by atoms with E-state index in [9.17, 15) is 4.79 Å². The summed E-state index contributed by atoms with van der Waals surface area (Å²) >= 11 is 0. The van der Waals surface area contributed by atoms with E-state index < -0.39 is 12.0 Å².